The molecule has 0 aromatic carbocycles. The summed E-state index contributed by atoms with van der Waals surface area (Å²) in [5.41, 5.74) is 0. The lowest BCUT2D eigenvalue weighted by atomic mass is 9.98. The van der Waals surface area contributed by atoms with Gasteiger partial charge in [0.25, 0.3) is 0 Å². The fourth-order valence-corrected chi connectivity index (χ4v) is 6.50. The van der Waals surface area contributed by atoms with Crippen molar-refractivity contribution < 1.29 is 19.4 Å². The lowest BCUT2D eigenvalue weighted by Gasteiger charge is -2.29. The van der Waals surface area contributed by atoms with E-state index in [1.165, 1.54) is 128 Å². The van der Waals surface area contributed by atoms with Gasteiger partial charge >= 0.3 is 5.97 Å². The molecule has 1 fully saturated rings. The zero-order valence-corrected chi connectivity index (χ0v) is 31.8. The van der Waals surface area contributed by atoms with Crippen LogP contribution in [0, 0.1) is 0 Å². The average Bonchev–Trinajstić information content (AvgIpc) is 3.46. The van der Waals surface area contributed by atoms with Crippen LogP contribution in [0.3, 0.4) is 0 Å². The number of ether oxygens (including phenoxy) is 2. The minimum absolute atomic E-state index is 0.0325. The van der Waals surface area contributed by atoms with Gasteiger partial charge in [-0.05, 0) is 84.1 Å². The number of nitrogens with zero attached hydrogens (tertiary/aromatic N) is 1. The second-order valence-corrected chi connectivity index (χ2v) is 14.2. The highest BCUT2D eigenvalue weighted by Crippen LogP contribution is 2.35. The minimum atomic E-state index is -0.801. The number of carboxylic acid groups (broad SMARTS) is 1. The van der Waals surface area contributed by atoms with E-state index < -0.39 is 11.8 Å². The maximum Gasteiger partial charge on any atom is 0.317 e. The molecule has 1 aliphatic rings. The summed E-state index contributed by atoms with van der Waals surface area (Å²) in [4.78, 5) is 13.0. The molecular weight excluding hydrogens is 594 g/mol. The van der Waals surface area contributed by atoms with E-state index in [2.05, 4.69) is 62.5 Å². The number of hydrogen-bond acceptors (Lipinski definition) is 4. The lowest BCUT2D eigenvalue weighted by Crippen LogP contribution is -2.36. The topological polar surface area (TPSA) is 59.0 Å². The normalized spacial score (nSPS) is 18.6. The van der Waals surface area contributed by atoms with E-state index in [0.717, 1.165) is 38.5 Å². The first-order chi connectivity index (χ1) is 23.5. The van der Waals surface area contributed by atoms with Crippen LogP contribution in [0.4, 0.5) is 0 Å². The van der Waals surface area contributed by atoms with Crippen molar-refractivity contribution in [1.82, 2.24) is 4.90 Å². The van der Waals surface area contributed by atoms with E-state index in [-0.39, 0.29) is 12.6 Å². The number of aliphatic carboxylic acids is 1. The van der Waals surface area contributed by atoms with Gasteiger partial charge in [0, 0.05) is 19.4 Å². The monoisotopic (exact) mass is 672 g/mol. The number of rotatable bonds is 34. The summed E-state index contributed by atoms with van der Waals surface area (Å²) in [6.45, 7) is 5.71. The zero-order valence-electron chi connectivity index (χ0n) is 31.8. The van der Waals surface area contributed by atoms with Gasteiger partial charge in [-0.3, -0.25) is 9.69 Å². The Balaban J connectivity index is 2.24. The summed E-state index contributed by atoms with van der Waals surface area (Å²) in [6, 6.07) is 0. The predicted octanol–water partition coefficient (Wildman–Crippen LogP) is 12.5. The number of unbranched alkanes of at least 4 members (excludes halogenated alkanes) is 18. The van der Waals surface area contributed by atoms with E-state index in [1.54, 1.807) is 0 Å². The number of allylic oxidation sites excluding steroid dienone is 8. The van der Waals surface area contributed by atoms with Crippen LogP contribution in [0.15, 0.2) is 48.6 Å². The maximum atomic E-state index is 11.1. The number of likely N-dealkylation sites (N-methyl/N-ethyl adjacent to an activating group) is 1. The molecule has 5 nitrogen and oxygen atoms in total. The Labute approximate surface area is 297 Å². The maximum absolute atomic E-state index is 11.1. The summed E-state index contributed by atoms with van der Waals surface area (Å²) < 4.78 is 13.0. The standard InChI is InChI=1S/C43H77NO4/c1-4-6-8-10-12-14-16-18-20-22-24-26-28-30-32-34-36-43(47-40-41(48-43)38-44(3)39-42(45)46)37-35-33-31-29-27-25-23-21-19-17-15-13-11-9-7-5-2/h12-15,18-21,41H,4-11,16-17,22-40H2,1-3H3,(H,45,46)/t41-,43?/m0/s1. The Morgan fingerprint density at radius 2 is 1.02 bits per heavy atom. The first-order valence-electron chi connectivity index (χ1n) is 20.3. The molecule has 1 saturated heterocycles. The summed E-state index contributed by atoms with van der Waals surface area (Å²) in [6.07, 6.45) is 50.4. The van der Waals surface area contributed by atoms with Gasteiger partial charge in [0.1, 0.15) is 0 Å². The fourth-order valence-electron chi connectivity index (χ4n) is 6.50. The predicted molar refractivity (Wildman–Crippen MR) is 207 cm³/mol. The zero-order chi connectivity index (χ0) is 34.8. The van der Waals surface area contributed by atoms with Crippen LogP contribution < -0.4 is 0 Å². The van der Waals surface area contributed by atoms with Crippen molar-refractivity contribution in [1.29, 1.82) is 0 Å². The summed E-state index contributed by atoms with van der Waals surface area (Å²) in [5, 5.41) is 9.15. The third-order valence-electron chi connectivity index (χ3n) is 9.35. The molecule has 48 heavy (non-hydrogen) atoms. The van der Waals surface area contributed by atoms with Gasteiger partial charge < -0.3 is 14.6 Å². The molecule has 0 amide bonds. The van der Waals surface area contributed by atoms with Crippen LogP contribution in [-0.2, 0) is 14.3 Å². The van der Waals surface area contributed by atoms with Crippen molar-refractivity contribution in [3.63, 3.8) is 0 Å². The number of carboxylic acids is 1. The molecular formula is C43H77NO4. The van der Waals surface area contributed by atoms with Crippen LogP contribution in [0.25, 0.3) is 0 Å². The van der Waals surface area contributed by atoms with Crippen LogP contribution in [0.2, 0.25) is 0 Å². The van der Waals surface area contributed by atoms with Gasteiger partial charge in [0.2, 0.25) is 0 Å². The molecule has 1 N–H and O–H groups in total. The largest absolute Gasteiger partial charge is 0.480 e. The molecule has 0 radical (unpaired) electrons. The molecule has 0 saturated carbocycles. The molecule has 1 aliphatic heterocycles. The molecule has 0 aromatic heterocycles. The minimum Gasteiger partial charge on any atom is -0.480 e. The van der Waals surface area contributed by atoms with Gasteiger partial charge in [-0.2, -0.15) is 0 Å². The van der Waals surface area contributed by atoms with E-state index in [0.29, 0.717) is 13.2 Å². The Morgan fingerprint density at radius 3 is 1.44 bits per heavy atom. The van der Waals surface area contributed by atoms with Crippen LogP contribution in [0.5, 0.6) is 0 Å². The highest BCUT2D eigenvalue weighted by Gasteiger charge is 2.40. The van der Waals surface area contributed by atoms with E-state index in [4.69, 9.17) is 14.6 Å². The average molecular weight is 672 g/mol. The van der Waals surface area contributed by atoms with Crippen molar-refractivity contribution >= 4 is 5.97 Å². The quantitative estimate of drug-likeness (QED) is 0.0545. The van der Waals surface area contributed by atoms with Gasteiger partial charge in [0.15, 0.2) is 5.79 Å². The molecule has 0 unspecified atom stereocenters. The molecule has 278 valence electrons. The van der Waals surface area contributed by atoms with Crippen LogP contribution >= 0.6 is 0 Å². The number of hydrogen-bond donors (Lipinski definition) is 1. The third kappa shape index (κ3) is 27.2. The van der Waals surface area contributed by atoms with Crippen molar-refractivity contribution in [3.05, 3.63) is 48.6 Å². The summed E-state index contributed by atoms with van der Waals surface area (Å²) in [5.74, 6) is -1.29. The Hall–Kier alpha value is -1.69. The van der Waals surface area contributed by atoms with Crippen LogP contribution in [0.1, 0.15) is 181 Å². The lowest BCUT2D eigenvalue weighted by molar-refractivity contribution is -0.180. The smallest absolute Gasteiger partial charge is 0.317 e. The summed E-state index contributed by atoms with van der Waals surface area (Å²) in [7, 11) is 1.85. The van der Waals surface area contributed by atoms with Crippen LogP contribution in [-0.4, -0.2) is 54.6 Å². The Morgan fingerprint density at radius 1 is 0.625 bits per heavy atom. The van der Waals surface area contributed by atoms with Crippen molar-refractivity contribution in [2.24, 2.45) is 0 Å². The van der Waals surface area contributed by atoms with Crippen molar-refractivity contribution in [2.75, 3.05) is 26.7 Å². The van der Waals surface area contributed by atoms with Gasteiger partial charge in [-0.1, -0.05) is 140 Å². The molecule has 1 rings (SSSR count). The number of carbonyl (C=O) groups is 1. The highest BCUT2D eigenvalue weighted by atomic mass is 16.7. The molecule has 1 atom stereocenters. The SMILES string of the molecule is CCCCCC=CCC=CCCCCCCCCC1(CCCCCCCCC=CCC=CCCCCC)OC[C@H](CN(C)CC(=O)O)O1. The molecule has 1 heterocycles. The van der Waals surface area contributed by atoms with Gasteiger partial charge in [-0.25, -0.2) is 0 Å². The molecule has 0 spiro atoms. The Bertz CT molecular complexity index is 800. The first kappa shape index (κ1) is 44.3. The molecule has 0 bridgehead atoms. The van der Waals surface area contributed by atoms with Gasteiger partial charge in [-0.15, -0.1) is 0 Å². The van der Waals surface area contributed by atoms with E-state index in [1.807, 2.05) is 11.9 Å². The van der Waals surface area contributed by atoms with Crippen molar-refractivity contribution in [2.45, 2.75) is 193 Å². The summed E-state index contributed by atoms with van der Waals surface area (Å²) >= 11 is 0. The highest BCUT2D eigenvalue weighted by molar-refractivity contribution is 5.69. The second-order valence-electron chi connectivity index (χ2n) is 14.2. The molecule has 5 heteroatoms. The third-order valence-corrected chi connectivity index (χ3v) is 9.35. The van der Waals surface area contributed by atoms with Crippen molar-refractivity contribution in [3.8, 4) is 0 Å². The Kier molecular flexibility index (Phi) is 30.0. The first-order valence-corrected chi connectivity index (χ1v) is 20.3. The van der Waals surface area contributed by atoms with Gasteiger partial charge in [0.05, 0.1) is 19.3 Å². The molecule has 0 aromatic rings. The fraction of sp³-hybridized carbons (Fsp3) is 0.791. The second kappa shape index (κ2) is 32.5. The van der Waals surface area contributed by atoms with E-state index >= 15 is 0 Å². The molecule has 0 aliphatic carbocycles. The van der Waals surface area contributed by atoms with E-state index in [9.17, 15) is 4.79 Å².